The van der Waals surface area contributed by atoms with Crippen LogP contribution in [0.2, 0.25) is 18.1 Å². The molecule has 0 aromatic rings. The van der Waals surface area contributed by atoms with E-state index in [-0.39, 0.29) is 35.9 Å². The molecule has 1 aliphatic rings. The summed E-state index contributed by atoms with van der Waals surface area (Å²) in [6.45, 7) is 18.5. The molecule has 1 amide bonds. The summed E-state index contributed by atoms with van der Waals surface area (Å²) in [4.78, 5) is 14.2. The second-order valence-corrected chi connectivity index (χ2v) is 13.9. The molecule has 5 nitrogen and oxygen atoms in total. The lowest BCUT2D eigenvalue weighted by Gasteiger charge is -2.39. The Morgan fingerprint density at radius 1 is 1.22 bits per heavy atom. The summed E-state index contributed by atoms with van der Waals surface area (Å²) in [6, 6.07) is -0.342. The van der Waals surface area contributed by atoms with Gasteiger partial charge in [0.2, 0.25) is 0 Å². The van der Waals surface area contributed by atoms with Crippen molar-refractivity contribution in [2.75, 3.05) is 6.61 Å². The predicted molar refractivity (Wildman–Crippen MR) is 95.1 cm³/mol. The molecule has 1 saturated heterocycles. The number of hydrogen-bond acceptors (Lipinski definition) is 4. The number of amides is 1. The molecule has 0 aromatic carbocycles. The Hall–Kier alpha value is -0.593. The van der Waals surface area contributed by atoms with Crippen molar-refractivity contribution in [3.05, 3.63) is 0 Å². The Bertz CT molecular complexity index is 425. The molecule has 0 aliphatic carbocycles. The number of rotatable bonds is 3. The van der Waals surface area contributed by atoms with E-state index in [1.807, 2.05) is 27.7 Å². The van der Waals surface area contributed by atoms with Gasteiger partial charge in [-0.25, -0.2) is 4.79 Å². The number of carbonyl (C=O) groups is 1. The molecule has 0 spiro atoms. The molecule has 0 unspecified atom stereocenters. The number of ether oxygens (including phenoxy) is 1. The number of likely N-dealkylation sites (tertiary alicyclic amines) is 1. The first kappa shape index (κ1) is 20.5. The van der Waals surface area contributed by atoms with Crippen molar-refractivity contribution in [3.63, 3.8) is 0 Å². The van der Waals surface area contributed by atoms with Gasteiger partial charge in [0.1, 0.15) is 5.60 Å². The molecule has 136 valence electrons. The van der Waals surface area contributed by atoms with Gasteiger partial charge in [-0.05, 0) is 52.2 Å². The number of nitrogens with zero attached hydrogens (tertiary/aromatic N) is 1. The SMILES string of the molecule is C[C@H]1[C@H](O[Si](C)(C)C(C)(C)C)C[C@@H](CO)N1C(=O)OC(C)(C)C. The molecule has 0 aromatic heterocycles. The van der Waals surface area contributed by atoms with Crippen LogP contribution >= 0.6 is 0 Å². The topological polar surface area (TPSA) is 59.0 Å². The Morgan fingerprint density at radius 2 is 1.74 bits per heavy atom. The van der Waals surface area contributed by atoms with Crippen LogP contribution in [-0.4, -0.2) is 54.8 Å². The first-order chi connectivity index (χ1) is 10.2. The first-order valence-corrected chi connectivity index (χ1v) is 11.4. The summed E-state index contributed by atoms with van der Waals surface area (Å²) in [5, 5.41) is 9.80. The fourth-order valence-corrected chi connectivity index (χ4v) is 3.99. The van der Waals surface area contributed by atoms with Gasteiger partial charge in [-0.3, -0.25) is 4.90 Å². The summed E-state index contributed by atoms with van der Waals surface area (Å²) in [7, 11) is -1.93. The van der Waals surface area contributed by atoms with Crippen molar-refractivity contribution in [1.82, 2.24) is 4.90 Å². The summed E-state index contributed by atoms with van der Waals surface area (Å²) < 4.78 is 12.0. The molecule has 0 saturated carbocycles. The van der Waals surface area contributed by atoms with E-state index in [1.54, 1.807) is 4.90 Å². The molecular formula is C17H35NO4Si. The van der Waals surface area contributed by atoms with E-state index in [1.165, 1.54) is 0 Å². The molecule has 1 rings (SSSR count). The van der Waals surface area contributed by atoms with Gasteiger partial charge in [0.15, 0.2) is 8.32 Å². The van der Waals surface area contributed by atoms with Crippen LogP contribution in [0, 0.1) is 0 Å². The minimum absolute atomic E-state index is 0.0550. The lowest BCUT2D eigenvalue weighted by atomic mass is 10.2. The van der Waals surface area contributed by atoms with Crippen molar-refractivity contribution in [2.45, 2.75) is 96.8 Å². The zero-order valence-electron chi connectivity index (χ0n) is 16.3. The Kier molecular flexibility index (Phi) is 5.98. The first-order valence-electron chi connectivity index (χ1n) is 8.49. The third-order valence-corrected chi connectivity index (χ3v) is 9.45. The maximum Gasteiger partial charge on any atom is 0.410 e. The predicted octanol–water partition coefficient (Wildman–Crippen LogP) is 3.77. The zero-order valence-corrected chi connectivity index (χ0v) is 17.3. The fraction of sp³-hybridized carbons (Fsp3) is 0.941. The maximum atomic E-state index is 12.5. The minimum atomic E-state index is -1.93. The third kappa shape index (κ3) is 4.94. The van der Waals surface area contributed by atoms with Gasteiger partial charge in [-0.1, -0.05) is 20.8 Å². The van der Waals surface area contributed by atoms with E-state index in [0.717, 1.165) is 0 Å². The third-order valence-electron chi connectivity index (χ3n) is 4.94. The highest BCUT2D eigenvalue weighted by molar-refractivity contribution is 6.74. The molecule has 1 heterocycles. The standard InChI is InChI=1S/C17H35NO4Si/c1-12-14(22-23(8,9)17(5,6)7)10-13(11-19)18(12)15(20)21-16(2,3)4/h12-14,19H,10-11H2,1-9H3/t12-,13-,14+/m0/s1. The monoisotopic (exact) mass is 345 g/mol. The van der Waals surface area contributed by atoms with E-state index in [4.69, 9.17) is 9.16 Å². The van der Waals surface area contributed by atoms with Gasteiger partial charge in [0, 0.05) is 0 Å². The number of carbonyl (C=O) groups excluding carboxylic acids is 1. The van der Waals surface area contributed by atoms with E-state index >= 15 is 0 Å². The van der Waals surface area contributed by atoms with Crippen molar-refractivity contribution in [3.8, 4) is 0 Å². The van der Waals surface area contributed by atoms with Gasteiger partial charge in [0.25, 0.3) is 0 Å². The average molecular weight is 346 g/mol. The van der Waals surface area contributed by atoms with Gasteiger partial charge in [-0.15, -0.1) is 0 Å². The fourth-order valence-electron chi connectivity index (χ4n) is 2.58. The molecule has 1 aliphatic heterocycles. The highest BCUT2D eigenvalue weighted by Gasteiger charge is 2.47. The van der Waals surface area contributed by atoms with Crippen LogP contribution in [0.4, 0.5) is 4.79 Å². The van der Waals surface area contributed by atoms with Gasteiger partial charge >= 0.3 is 6.09 Å². The van der Waals surface area contributed by atoms with Gasteiger partial charge in [-0.2, -0.15) is 0 Å². The molecule has 0 bridgehead atoms. The summed E-state index contributed by atoms with van der Waals surface area (Å²) in [6.07, 6.45) is 0.231. The molecule has 0 radical (unpaired) electrons. The molecular weight excluding hydrogens is 310 g/mol. The lowest BCUT2D eigenvalue weighted by molar-refractivity contribution is 0.00681. The highest BCUT2D eigenvalue weighted by Crippen LogP contribution is 2.40. The van der Waals surface area contributed by atoms with Crippen LogP contribution in [0.3, 0.4) is 0 Å². The van der Waals surface area contributed by atoms with Crippen LogP contribution in [0.15, 0.2) is 0 Å². The number of hydrogen-bond donors (Lipinski definition) is 1. The normalized spacial score (nSPS) is 26.5. The van der Waals surface area contributed by atoms with Gasteiger partial charge < -0.3 is 14.3 Å². The van der Waals surface area contributed by atoms with E-state index in [2.05, 4.69) is 33.9 Å². The largest absolute Gasteiger partial charge is 0.444 e. The van der Waals surface area contributed by atoms with Crippen molar-refractivity contribution < 1.29 is 19.1 Å². The van der Waals surface area contributed by atoms with E-state index in [0.29, 0.717) is 6.42 Å². The van der Waals surface area contributed by atoms with Crippen LogP contribution in [0.25, 0.3) is 0 Å². The van der Waals surface area contributed by atoms with Crippen LogP contribution in [-0.2, 0) is 9.16 Å². The average Bonchev–Trinajstić information content (AvgIpc) is 2.62. The molecule has 1 fully saturated rings. The Labute approximate surface area is 142 Å². The summed E-state index contributed by atoms with van der Waals surface area (Å²) in [5.74, 6) is 0. The van der Waals surface area contributed by atoms with Crippen LogP contribution in [0.1, 0.15) is 54.9 Å². The zero-order chi connectivity index (χ0) is 18.2. The number of aliphatic hydroxyl groups is 1. The molecule has 6 heteroatoms. The van der Waals surface area contributed by atoms with Crippen LogP contribution in [0.5, 0.6) is 0 Å². The molecule has 1 N–H and O–H groups in total. The maximum absolute atomic E-state index is 12.5. The second-order valence-electron chi connectivity index (χ2n) is 9.12. The second kappa shape index (κ2) is 6.73. The summed E-state index contributed by atoms with van der Waals surface area (Å²) in [5.41, 5.74) is -0.546. The van der Waals surface area contributed by atoms with Crippen molar-refractivity contribution in [2.24, 2.45) is 0 Å². The quantitative estimate of drug-likeness (QED) is 0.791. The van der Waals surface area contributed by atoms with Crippen molar-refractivity contribution in [1.29, 1.82) is 0 Å². The van der Waals surface area contributed by atoms with Gasteiger partial charge in [0.05, 0.1) is 24.8 Å². The van der Waals surface area contributed by atoms with Crippen LogP contribution < -0.4 is 0 Å². The number of aliphatic hydroxyl groups excluding tert-OH is 1. The highest BCUT2D eigenvalue weighted by atomic mass is 28.4. The Balaban J connectivity index is 2.91. The smallest absolute Gasteiger partial charge is 0.410 e. The van der Waals surface area contributed by atoms with E-state index < -0.39 is 13.9 Å². The summed E-state index contributed by atoms with van der Waals surface area (Å²) >= 11 is 0. The Morgan fingerprint density at radius 3 is 2.13 bits per heavy atom. The minimum Gasteiger partial charge on any atom is -0.444 e. The molecule has 23 heavy (non-hydrogen) atoms. The van der Waals surface area contributed by atoms with E-state index in [9.17, 15) is 9.90 Å². The molecule has 3 atom stereocenters. The lowest BCUT2D eigenvalue weighted by Crippen LogP contribution is -2.49. The van der Waals surface area contributed by atoms with Crippen molar-refractivity contribution >= 4 is 14.4 Å².